The van der Waals surface area contributed by atoms with Crippen molar-refractivity contribution in [3.8, 4) is 28.4 Å². The largest absolute Gasteiger partial charge is 0.507 e. The van der Waals surface area contributed by atoms with Crippen LogP contribution in [0.5, 0.6) is 17.2 Å². The summed E-state index contributed by atoms with van der Waals surface area (Å²) >= 11 is 0. The quantitative estimate of drug-likeness (QED) is 0.577. The molecule has 3 N–H and O–H groups in total. The van der Waals surface area contributed by atoms with Crippen LogP contribution in [0.2, 0.25) is 0 Å². The van der Waals surface area contributed by atoms with Gasteiger partial charge in [0.1, 0.15) is 17.2 Å². The van der Waals surface area contributed by atoms with Crippen LogP contribution in [0.25, 0.3) is 21.9 Å². The van der Waals surface area contributed by atoms with E-state index in [1.807, 2.05) is 30.3 Å². The van der Waals surface area contributed by atoms with E-state index in [1.165, 1.54) is 0 Å². The Bertz CT molecular complexity index is 866. The zero-order valence-corrected chi connectivity index (χ0v) is 12.8. The van der Waals surface area contributed by atoms with Crippen molar-refractivity contribution in [1.82, 2.24) is 0 Å². The van der Waals surface area contributed by atoms with E-state index < -0.39 is 0 Å². The lowest BCUT2D eigenvalue weighted by Crippen LogP contribution is -1.93. The van der Waals surface area contributed by atoms with Gasteiger partial charge in [-0.1, -0.05) is 24.3 Å². The summed E-state index contributed by atoms with van der Waals surface area (Å²) in [5.41, 5.74) is 2.83. The SMILES string of the molecule is Cc1c(C)c(O)c(-c2cc3ccccc3cc2O)c(C)c1O. The highest BCUT2D eigenvalue weighted by atomic mass is 16.3. The Labute approximate surface area is 129 Å². The van der Waals surface area contributed by atoms with Crippen molar-refractivity contribution in [3.05, 3.63) is 53.1 Å². The molecule has 3 aromatic rings. The Morgan fingerprint density at radius 2 is 1.23 bits per heavy atom. The van der Waals surface area contributed by atoms with E-state index in [0.29, 0.717) is 27.8 Å². The molecule has 3 rings (SSSR count). The highest BCUT2D eigenvalue weighted by Crippen LogP contribution is 2.46. The number of benzene rings is 3. The summed E-state index contributed by atoms with van der Waals surface area (Å²) in [6, 6.07) is 11.2. The van der Waals surface area contributed by atoms with Gasteiger partial charge >= 0.3 is 0 Å². The predicted molar refractivity (Wildman–Crippen MR) is 88.6 cm³/mol. The number of phenolic OH excluding ortho intramolecular Hbond substituents is 3. The molecule has 3 heteroatoms. The molecular formula is C19H18O3. The fraction of sp³-hybridized carbons (Fsp3) is 0.158. The summed E-state index contributed by atoms with van der Waals surface area (Å²) in [5.74, 6) is 0.330. The molecule has 0 radical (unpaired) electrons. The van der Waals surface area contributed by atoms with Crippen molar-refractivity contribution in [2.75, 3.05) is 0 Å². The Balaban J connectivity index is 2.39. The first-order valence-corrected chi connectivity index (χ1v) is 7.15. The third-order valence-corrected chi connectivity index (χ3v) is 4.37. The van der Waals surface area contributed by atoms with Crippen LogP contribution in [-0.2, 0) is 0 Å². The second-order valence-electron chi connectivity index (χ2n) is 5.66. The van der Waals surface area contributed by atoms with Gasteiger partial charge in [0, 0.05) is 16.7 Å². The van der Waals surface area contributed by atoms with Gasteiger partial charge in [-0.3, -0.25) is 0 Å². The molecule has 3 aromatic carbocycles. The van der Waals surface area contributed by atoms with Gasteiger partial charge in [0.15, 0.2) is 0 Å². The summed E-state index contributed by atoms with van der Waals surface area (Å²) in [4.78, 5) is 0. The van der Waals surface area contributed by atoms with Gasteiger partial charge in [0.25, 0.3) is 0 Å². The number of fused-ring (bicyclic) bond motifs is 1. The molecule has 0 aliphatic heterocycles. The maximum Gasteiger partial charge on any atom is 0.127 e. The number of aromatic hydroxyl groups is 3. The molecule has 0 saturated carbocycles. The third-order valence-electron chi connectivity index (χ3n) is 4.37. The molecule has 0 aromatic heterocycles. The number of hydrogen-bond acceptors (Lipinski definition) is 3. The van der Waals surface area contributed by atoms with Gasteiger partial charge in [-0.2, -0.15) is 0 Å². The van der Waals surface area contributed by atoms with Gasteiger partial charge in [-0.15, -0.1) is 0 Å². The van der Waals surface area contributed by atoms with Crippen LogP contribution in [0.4, 0.5) is 0 Å². The molecule has 0 heterocycles. The van der Waals surface area contributed by atoms with E-state index in [2.05, 4.69) is 0 Å². The molecule has 0 bridgehead atoms. The van der Waals surface area contributed by atoms with Crippen molar-refractivity contribution >= 4 is 10.8 Å². The van der Waals surface area contributed by atoms with Crippen LogP contribution < -0.4 is 0 Å². The molecule has 0 atom stereocenters. The topological polar surface area (TPSA) is 60.7 Å². The van der Waals surface area contributed by atoms with Gasteiger partial charge in [-0.25, -0.2) is 0 Å². The summed E-state index contributed by atoms with van der Waals surface area (Å²) in [7, 11) is 0. The first-order chi connectivity index (χ1) is 10.4. The molecule has 0 saturated heterocycles. The van der Waals surface area contributed by atoms with Gasteiger partial charge in [0.2, 0.25) is 0 Å². The molecule has 0 amide bonds. The maximum absolute atomic E-state index is 10.5. The molecule has 0 aliphatic rings. The lowest BCUT2D eigenvalue weighted by atomic mass is 9.91. The first kappa shape index (κ1) is 14.3. The molecule has 0 unspecified atom stereocenters. The van der Waals surface area contributed by atoms with Crippen LogP contribution in [-0.4, -0.2) is 15.3 Å². The summed E-state index contributed by atoms with van der Waals surface area (Å²) in [6.45, 7) is 5.26. The third kappa shape index (κ3) is 1.98. The summed E-state index contributed by atoms with van der Waals surface area (Å²) in [6.07, 6.45) is 0. The second kappa shape index (κ2) is 4.95. The smallest absolute Gasteiger partial charge is 0.127 e. The average Bonchev–Trinajstić information content (AvgIpc) is 2.51. The number of phenols is 3. The lowest BCUT2D eigenvalue weighted by molar-refractivity contribution is 0.449. The summed E-state index contributed by atoms with van der Waals surface area (Å²) < 4.78 is 0. The highest BCUT2D eigenvalue weighted by Gasteiger charge is 2.20. The first-order valence-electron chi connectivity index (χ1n) is 7.15. The Morgan fingerprint density at radius 1 is 0.682 bits per heavy atom. The molecule has 0 fully saturated rings. The number of rotatable bonds is 1. The van der Waals surface area contributed by atoms with E-state index in [1.54, 1.807) is 26.8 Å². The number of hydrogen-bond donors (Lipinski definition) is 3. The van der Waals surface area contributed by atoms with Crippen molar-refractivity contribution in [2.45, 2.75) is 20.8 Å². The Kier molecular flexibility index (Phi) is 3.21. The fourth-order valence-corrected chi connectivity index (χ4v) is 2.88. The van der Waals surface area contributed by atoms with E-state index in [4.69, 9.17) is 0 Å². The molecule has 112 valence electrons. The normalized spacial score (nSPS) is 11.0. The van der Waals surface area contributed by atoms with Gasteiger partial charge in [-0.05, 0) is 54.8 Å². The van der Waals surface area contributed by atoms with E-state index >= 15 is 0 Å². The van der Waals surface area contributed by atoms with E-state index in [-0.39, 0.29) is 17.2 Å². The zero-order chi connectivity index (χ0) is 16.0. The lowest BCUT2D eigenvalue weighted by Gasteiger charge is -2.17. The molecule has 0 spiro atoms. The van der Waals surface area contributed by atoms with E-state index in [0.717, 1.165) is 10.8 Å². The molecule has 3 nitrogen and oxygen atoms in total. The Hall–Kier alpha value is -2.68. The minimum Gasteiger partial charge on any atom is -0.507 e. The minimum atomic E-state index is 0.0831. The van der Waals surface area contributed by atoms with E-state index in [9.17, 15) is 15.3 Å². The molecule has 0 aliphatic carbocycles. The van der Waals surface area contributed by atoms with Crippen LogP contribution in [0.15, 0.2) is 36.4 Å². The Morgan fingerprint density at radius 3 is 1.86 bits per heavy atom. The summed E-state index contributed by atoms with van der Waals surface area (Å²) in [5, 5.41) is 33.0. The van der Waals surface area contributed by atoms with Crippen molar-refractivity contribution < 1.29 is 15.3 Å². The maximum atomic E-state index is 10.5. The van der Waals surface area contributed by atoms with Gasteiger partial charge < -0.3 is 15.3 Å². The predicted octanol–water partition coefficient (Wildman–Crippen LogP) is 4.55. The zero-order valence-electron chi connectivity index (χ0n) is 12.8. The van der Waals surface area contributed by atoms with Crippen LogP contribution in [0, 0.1) is 20.8 Å². The standard InChI is InChI=1S/C19H18O3/c1-10-11(2)19(22)17(12(3)18(10)21)15-8-13-6-4-5-7-14(13)9-16(15)20/h4-9,20-22H,1-3H3. The van der Waals surface area contributed by atoms with Gasteiger partial charge in [0.05, 0.1) is 0 Å². The van der Waals surface area contributed by atoms with Crippen LogP contribution >= 0.6 is 0 Å². The van der Waals surface area contributed by atoms with Crippen LogP contribution in [0.3, 0.4) is 0 Å². The monoisotopic (exact) mass is 294 g/mol. The second-order valence-corrected chi connectivity index (χ2v) is 5.66. The molecular weight excluding hydrogens is 276 g/mol. The minimum absolute atomic E-state index is 0.0831. The van der Waals surface area contributed by atoms with Crippen molar-refractivity contribution in [2.24, 2.45) is 0 Å². The van der Waals surface area contributed by atoms with Crippen molar-refractivity contribution in [1.29, 1.82) is 0 Å². The highest BCUT2D eigenvalue weighted by molar-refractivity contribution is 5.93. The molecule has 22 heavy (non-hydrogen) atoms. The average molecular weight is 294 g/mol. The van der Waals surface area contributed by atoms with Crippen molar-refractivity contribution in [3.63, 3.8) is 0 Å². The van der Waals surface area contributed by atoms with Crippen LogP contribution in [0.1, 0.15) is 16.7 Å². The fourth-order valence-electron chi connectivity index (χ4n) is 2.88.